The topological polar surface area (TPSA) is 113 Å². The molecule has 0 aromatic rings. The molecule has 3 rings (SSSR count). The zero-order valence-corrected chi connectivity index (χ0v) is 19.9. The van der Waals surface area contributed by atoms with Crippen LogP contribution in [0.3, 0.4) is 0 Å². The minimum Gasteiger partial charge on any atom is -0.353 e. The Morgan fingerprint density at radius 2 is 1.21 bits per heavy atom. The van der Waals surface area contributed by atoms with Gasteiger partial charge in [0.1, 0.15) is 0 Å². The van der Waals surface area contributed by atoms with Crippen molar-refractivity contribution in [2.24, 2.45) is 17.8 Å². The highest BCUT2D eigenvalue weighted by molar-refractivity contribution is 7.87. The van der Waals surface area contributed by atoms with E-state index < -0.39 is 57.3 Å². The molecule has 0 spiro atoms. The van der Waals surface area contributed by atoms with Gasteiger partial charge >= 0.3 is 21.3 Å². The minimum atomic E-state index is -6.46. The number of amides is 2. The van der Waals surface area contributed by atoms with Crippen molar-refractivity contribution in [3.63, 3.8) is 0 Å². The van der Waals surface area contributed by atoms with Gasteiger partial charge in [-0.05, 0) is 44.9 Å². The van der Waals surface area contributed by atoms with Crippen LogP contribution in [0.4, 0.5) is 17.6 Å². The van der Waals surface area contributed by atoms with Gasteiger partial charge in [-0.25, -0.2) is 0 Å². The molecule has 2 amide bonds. The fraction of sp³-hybridized carbons (Fsp3) is 0.909. The summed E-state index contributed by atoms with van der Waals surface area (Å²) < 4.78 is 89.8. The Morgan fingerprint density at radius 3 is 1.68 bits per heavy atom. The molecular weight excluding hydrogens is 480 g/mol. The van der Waals surface area contributed by atoms with E-state index in [9.17, 15) is 26.8 Å². The molecule has 7 nitrogen and oxygen atoms in total. The molecule has 34 heavy (non-hydrogen) atoms. The first-order valence-electron chi connectivity index (χ1n) is 12.2. The molecule has 12 heteroatoms. The Hall–Kier alpha value is -1.43. The van der Waals surface area contributed by atoms with Crippen LogP contribution in [0, 0.1) is 17.8 Å². The molecule has 3 aliphatic rings. The van der Waals surface area contributed by atoms with Gasteiger partial charge in [0, 0.05) is 29.8 Å². The van der Waals surface area contributed by atoms with E-state index in [2.05, 4.69) is 10.6 Å². The molecule has 0 bridgehead atoms. The summed E-state index contributed by atoms with van der Waals surface area (Å²) in [7, 11) is -6.46. The van der Waals surface area contributed by atoms with Crippen molar-refractivity contribution in [1.82, 2.24) is 10.6 Å². The Kier molecular flexibility index (Phi) is 8.53. The number of carbonyl (C=O) groups is 2. The smallest absolute Gasteiger partial charge is 0.353 e. The first-order valence-corrected chi connectivity index (χ1v) is 13.6. The van der Waals surface area contributed by atoms with Gasteiger partial charge in [0.15, 0.2) is 0 Å². The van der Waals surface area contributed by atoms with Crippen LogP contribution >= 0.6 is 0 Å². The number of carbonyl (C=O) groups excluding carboxylic acids is 2. The van der Waals surface area contributed by atoms with Crippen molar-refractivity contribution in [2.45, 2.75) is 107 Å². The van der Waals surface area contributed by atoms with Crippen LogP contribution < -0.4 is 10.6 Å². The van der Waals surface area contributed by atoms with Gasteiger partial charge in [0.2, 0.25) is 11.8 Å². The number of rotatable bonds is 7. The first kappa shape index (κ1) is 27.2. The molecule has 0 radical (unpaired) electrons. The molecule has 196 valence electrons. The number of hydrogen-bond acceptors (Lipinski definition) is 4. The van der Waals surface area contributed by atoms with Crippen LogP contribution in [-0.4, -0.2) is 48.0 Å². The Morgan fingerprint density at radius 1 is 0.735 bits per heavy atom. The largest absolute Gasteiger partial charge is 0.431 e. The lowest BCUT2D eigenvalue weighted by atomic mass is 9.70. The Bertz CT molecular complexity index is 842. The zero-order chi connectivity index (χ0) is 25.1. The molecule has 0 heterocycles. The van der Waals surface area contributed by atoms with Crippen LogP contribution in [0.2, 0.25) is 0 Å². The molecule has 0 saturated heterocycles. The number of halogens is 4. The van der Waals surface area contributed by atoms with Crippen molar-refractivity contribution in [3.05, 3.63) is 0 Å². The number of hydrogen-bond donors (Lipinski definition) is 3. The van der Waals surface area contributed by atoms with Crippen molar-refractivity contribution in [2.75, 3.05) is 0 Å². The van der Waals surface area contributed by atoms with Crippen molar-refractivity contribution in [1.29, 1.82) is 0 Å². The van der Waals surface area contributed by atoms with E-state index in [4.69, 9.17) is 4.55 Å². The Labute approximate surface area is 197 Å². The molecular formula is C22H34F4N2O5S. The second-order valence-electron chi connectivity index (χ2n) is 10.0. The third-order valence-corrected chi connectivity index (χ3v) is 8.56. The van der Waals surface area contributed by atoms with E-state index in [-0.39, 0.29) is 24.9 Å². The third-order valence-electron chi connectivity index (χ3n) is 7.64. The van der Waals surface area contributed by atoms with Gasteiger partial charge in [-0.1, -0.05) is 38.5 Å². The van der Waals surface area contributed by atoms with E-state index >= 15 is 8.78 Å². The van der Waals surface area contributed by atoms with Gasteiger partial charge < -0.3 is 10.6 Å². The summed E-state index contributed by atoms with van der Waals surface area (Å²) in [5.41, 5.74) is 0. The lowest BCUT2D eigenvalue weighted by Crippen LogP contribution is -2.58. The second kappa shape index (κ2) is 10.7. The highest BCUT2D eigenvalue weighted by atomic mass is 32.2. The average Bonchev–Trinajstić information content (AvgIpc) is 2.79. The molecule has 3 unspecified atom stereocenters. The standard InChI is InChI=1S/C22H34F4N2O5S/c23-21(24,22(25,26)34(31,32)33)18-13-14(19(29)27-15-7-3-1-4-8-15)11-12-17(18)20(30)28-16-9-5-2-6-10-16/h14-18H,1-13H2,(H,27,29)(H,28,30)(H,31,32,33). The quantitative estimate of drug-likeness (QED) is 0.351. The predicted molar refractivity (Wildman–Crippen MR) is 116 cm³/mol. The maximum atomic E-state index is 15.1. The average molecular weight is 515 g/mol. The van der Waals surface area contributed by atoms with Gasteiger partial charge in [-0.3, -0.25) is 14.1 Å². The van der Waals surface area contributed by atoms with Crippen molar-refractivity contribution >= 4 is 21.9 Å². The second-order valence-corrected chi connectivity index (χ2v) is 11.5. The summed E-state index contributed by atoms with van der Waals surface area (Å²) in [6.07, 6.45) is 7.33. The van der Waals surface area contributed by atoms with Crippen molar-refractivity contribution in [3.8, 4) is 0 Å². The molecule has 3 atom stereocenters. The van der Waals surface area contributed by atoms with Gasteiger partial charge in [0.05, 0.1) is 0 Å². The van der Waals surface area contributed by atoms with E-state index in [1.807, 2.05) is 0 Å². The van der Waals surface area contributed by atoms with Gasteiger partial charge in [0.25, 0.3) is 0 Å². The van der Waals surface area contributed by atoms with Crippen molar-refractivity contribution < 1.29 is 40.1 Å². The minimum absolute atomic E-state index is 0.0470. The van der Waals surface area contributed by atoms with E-state index in [0.29, 0.717) is 12.8 Å². The van der Waals surface area contributed by atoms with Gasteiger partial charge in [-0.15, -0.1) is 0 Å². The lowest BCUT2D eigenvalue weighted by Gasteiger charge is -2.41. The summed E-state index contributed by atoms with van der Waals surface area (Å²) in [5, 5.41) is -0.335. The number of alkyl halides is 4. The van der Waals surface area contributed by atoms with E-state index in [1.165, 1.54) is 0 Å². The highest BCUT2D eigenvalue weighted by Gasteiger charge is 2.71. The fourth-order valence-corrected chi connectivity index (χ4v) is 6.13. The monoisotopic (exact) mass is 514 g/mol. The number of nitrogens with one attached hydrogen (secondary N) is 2. The van der Waals surface area contributed by atoms with Crippen LogP contribution in [0.25, 0.3) is 0 Å². The summed E-state index contributed by atoms with van der Waals surface area (Å²) >= 11 is 0. The molecule has 0 aromatic heterocycles. The van der Waals surface area contributed by atoms with Gasteiger partial charge in [-0.2, -0.15) is 26.0 Å². The van der Waals surface area contributed by atoms with Crippen LogP contribution in [0.5, 0.6) is 0 Å². The summed E-state index contributed by atoms with van der Waals surface area (Å²) in [6, 6.07) is -0.378. The summed E-state index contributed by atoms with van der Waals surface area (Å²) in [6.45, 7) is 0. The van der Waals surface area contributed by atoms with Crippen LogP contribution in [-0.2, 0) is 19.7 Å². The molecule has 3 fully saturated rings. The molecule has 3 saturated carbocycles. The first-order chi connectivity index (χ1) is 15.8. The SMILES string of the molecule is O=C(NC1CCCCC1)C1CCC(C(=O)NC2CCCCC2)C(C(F)(F)C(F)(F)S(=O)(=O)O)C1. The molecule has 0 aromatic carbocycles. The van der Waals surface area contributed by atoms with Crippen LogP contribution in [0.1, 0.15) is 83.5 Å². The maximum absolute atomic E-state index is 15.1. The molecule has 0 aliphatic heterocycles. The van der Waals surface area contributed by atoms with Crippen LogP contribution in [0.15, 0.2) is 0 Å². The summed E-state index contributed by atoms with van der Waals surface area (Å²) in [4.78, 5) is 25.7. The maximum Gasteiger partial charge on any atom is 0.431 e. The molecule has 3 aliphatic carbocycles. The summed E-state index contributed by atoms with van der Waals surface area (Å²) in [5.74, 6) is -11.7. The predicted octanol–water partition coefficient (Wildman–Crippen LogP) is 4.03. The molecule has 3 N–H and O–H groups in total. The lowest BCUT2D eigenvalue weighted by molar-refractivity contribution is -0.213. The third kappa shape index (κ3) is 5.85. The zero-order valence-electron chi connectivity index (χ0n) is 19.1. The normalized spacial score (nSPS) is 28.3. The fourth-order valence-electron chi connectivity index (χ4n) is 5.63. The Balaban J connectivity index is 1.81. The highest BCUT2D eigenvalue weighted by Crippen LogP contribution is 2.51. The van der Waals surface area contributed by atoms with E-state index in [0.717, 1.165) is 51.4 Å². The van der Waals surface area contributed by atoms with E-state index in [1.54, 1.807) is 0 Å².